The maximum atomic E-state index is 13.5. The fourth-order valence-electron chi connectivity index (χ4n) is 3.00. The van der Waals surface area contributed by atoms with E-state index in [-0.39, 0.29) is 17.0 Å². The third-order valence-corrected chi connectivity index (χ3v) is 7.99. The molecule has 186 valence electrons. The second-order valence-electron chi connectivity index (χ2n) is 7.13. The summed E-state index contributed by atoms with van der Waals surface area (Å²) >= 11 is 0. The smallest absolute Gasteiger partial charge is 0.351 e. The molecule has 0 unspecified atom stereocenters. The number of sulfonamides is 1. The molecule has 0 aliphatic carbocycles. The van der Waals surface area contributed by atoms with Gasteiger partial charge in [-0.05, 0) is 54.6 Å². The van der Waals surface area contributed by atoms with Crippen LogP contribution in [0.3, 0.4) is 0 Å². The Hall–Kier alpha value is -3.29. The molecule has 35 heavy (non-hydrogen) atoms. The van der Waals surface area contributed by atoms with Crippen molar-refractivity contribution in [1.29, 1.82) is 0 Å². The Kier molecular flexibility index (Phi) is 7.62. The number of sulfone groups is 1. The molecule has 3 rings (SSSR count). The van der Waals surface area contributed by atoms with E-state index in [2.05, 4.69) is 5.32 Å². The van der Waals surface area contributed by atoms with Gasteiger partial charge in [0, 0.05) is 18.7 Å². The van der Waals surface area contributed by atoms with Crippen LogP contribution in [0, 0.1) is 5.82 Å². The summed E-state index contributed by atoms with van der Waals surface area (Å²) in [7, 11) is -9.14. The fourth-order valence-corrected chi connectivity index (χ4v) is 5.67. The van der Waals surface area contributed by atoms with Crippen LogP contribution < -0.4 is 10.0 Å². The largest absolute Gasteiger partial charge is 0.417 e. The number of hydrogen-bond acceptors (Lipinski definition) is 5. The highest BCUT2D eigenvalue weighted by Crippen LogP contribution is 2.36. The SMILES string of the molecule is O=C(NCCNS(=O)(=O)c1cc(S(=O)(=O)c2ccccc2)ccc1C(F)(F)F)c1ccc(F)cc1. The third kappa shape index (κ3) is 6.24. The monoisotopic (exact) mass is 530 g/mol. The molecular weight excluding hydrogens is 512 g/mol. The van der Waals surface area contributed by atoms with Gasteiger partial charge in [0.25, 0.3) is 5.91 Å². The van der Waals surface area contributed by atoms with E-state index in [1.54, 1.807) is 6.07 Å². The summed E-state index contributed by atoms with van der Waals surface area (Å²) in [5.41, 5.74) is -1.46. The maximum Gasteiger partial charge on any atom is 0.417 e. The molecule has 3 aromatic rings. The number of hydrogen-bond donors (Lipinski definition) is 2. The van der Waals surface area contributed by atoms with Crippen LogP contribution in [0.5, 0.6) is 0 Å². The van der Waals surface area contributed by atoms with Crippen LogP contribution in [0.2, 0.25) is 0 Å². The van der Waals surface area contributed by atoms with E-state index in [9.17, 15) is 39.2 Å². The van der Waals surface area contributed by atoms with Gasteiger partial charge < -0.3 is 5.32 Å². The molecule has 0 fully saturated rings. The van der Waals surface area contributed by atoms with Crippen molar-refractivity contribution in [2.75, 3.05) is 13.1 Å². The number of halogens is 4. The Labute approximate surface area is 198 Å². The van der Waals surface area contributed by atoms with E-state index in [1.165, 1.54) is 36.4 Å². The average molecular weight is 531 g/mol. The highest BCUT2D eigenvalue weighted by molar-refractivity contribution is 7.91. The number of alkyl halides is 3. The van der Waals surface area contributed by atoms with Crippen molar-refractivity contribution in [3.05, 3.63) is 89.7 Å². The van der Waals surface area contributed by atoms with Gasteiger partial charge in [0.05, 0.1) is 20.2 Å². The minimum atomic E-state index is -5.09. The van der Waals surface area contributed by atoms with E-state index in [0.717, 1.165) is 12.1 Å². The number of rotatable bonds is 8. The first-order chi connectivity index (χ1) is 16.3. The molecule has 0 saturated carbocycles. The predicted octanol–water partition coefficient (Wildman–Crippen LogP) is 3.39. The molecule has 0 saturated heterocycles. The standard InChI is InChI=1S/C22H18F4N2O5S2/c23-16-8-6-15(7-9-16)21(29)27-12-13-28-35(32,33)20-14-18(10-11-19(20)22(24,25)26)34(30,31)17-4-2-1-3-5-17/h1-11,14,28H,12-13H2,(H,27,29). The zero-order valence-electron chi connectivity index (χ0n) is 17.7. The summed E-state index contributed by atoms with van der Waals surface area (Å²) in [5.74, 6) is -1.22. The number of benzene rings is 3. The Morgan fingerprint density at radius 3 is 2.03 bits per heavy atom. The molecule has 0 radical (unpaired) electrons. The van der Waals surface area contributed by atoms with E-state index in [1.807, 2.05) is 4.72 Å². The van der Waals surface area contributed by atoms with E-state index in [4.69, 9.17) is 0 Å². The van der Waals surface area contributed by atoms with Gasteiger partial charge in [-0.15, -0.1) is 0 Å². The molecular formula is C22H18F4N2O5S2. The zero-order chi connectivity index (χ0) is 25.9. The predicted molar refractivity (Wildman–Crippen MR) is 117 cm³/mol. The second kappa shape index (κ2) is 10.1. The summed E-state index contributed by atoms with van der Waals surface area (Å²) in [6, 6.07) is 12.8. The average Bonchev–Trinajstić information content (AvgIpc) is 2.81. The van der Waals surface area contributed by atoms with Crippen LogP contribution in [0.15, 0.2) is 87.5 Å². The topological polar surface area (TPSA) is 109 Å². The Morgan fingerprint density at radius 2 is 1.43 bits per heavy atom. The molecule has 0 aliphatic heterocycles. The molecule has 7 nitrogen and oxygen atoms in total. The quantitative estimate of drug-likeness (QED) is 0.343. The van der Waals surface area contributed by atoms with Crippen LogP contribution >= 0.6 is 0 Å². The van der Waals surface area contributed by atoms with Gasteiger partial charge in [-0.2, -0.15) is 13.2 Å². The second-order valence-corrected chi connectivity index (χ2v) is 10.8. The van der Waals surface area contributed by atoms with Crippen LogP contribution in [0.25, 0.3) is 0 Å². The summed E-state index contributed by atoms with van der Waals surface area (Å²) in [6.45, 7) is -0.805. The van der Waals surface area contributed by atoms with Crippen molar-refractivity contribution in [2.45, 2.75) is 20.9 Å². The fraction of sp³-hybridized carbons (Fsp3) is 0.136. The molecule has 0 spiro atoms. The summed E-state index contributed by atoms with van der Waals surface area (Å²) in [5, 5.41) is 2.34. The minimum Gasteiger partial charge on any atom is -0.351 e. The van der Waals surface area contributed by atoms with Crippen LogP contribution in [0.1, 0.15) is 15.9 Å². The van der Waals surface area contributed by atoms with Gasteiger partial charge in [-0.1, -0.05) is 18.2 Å². The van der Waals surface area contributed by atoms with Crippen molar-refractivity contribution in [1.82, 2.24) is 10.0 Å². The molecule has 0 heterocycles. The molecule has 1 amide bonds. The van der Waals surface area contributed by atoms with E-state index >= 15 is 0 Å². The van der Waals surface area contributed by atoms with Gasteiger partial charge in [-0.25, -0.2) is 25.9 Å². The minimum absolute atomic E-state index is 0.0902. The van der Waals surface area contributed by atoms with Crippen molar-refractivity contribution >= 4 is 25.8 Å². The Morgan fingerprint density at radius 1 is 0.800 bits per heavy atom. The lowest BCUT2D eigenvalue weighted by Gasteiger charge is -2.16. The van der Waals surface area contributed by atoms with Gasteiger partial charge in [0.15, 0.2) is 0 Å². The molecule has 0 aromatic heterocycles. The van der Waals surface area contributed by atoms with Gasteiger partial charge >= 0.3 is 6.18 Å². The molecule has 3 aromatic carbocycles. The van der Waals surface area contributed by atoms with Crippen molar-refractivity contribution in [3.8, 4) is 0 Å². The normalized spacial score (nSPS) is 12.3. The Bertz CT molecular complexity index is 1420. The first kappa shape index (κ1) is 26.3. The van der Waals surface area contributed by atoms with Crippen LogP contribution in [-0.4, -0.2) is 35.8 Å². The lowest BCUT2D eigenvalue weighted by molar-refractivity contribution is -0.139. The number of carbonyl (C=O) groups is 1. The molecule has 0 aliphatic rings. The van der Waals surface area contributed by atoms with Gasteiger partial charge in [-0.3, -0.25) is 4.79 Å². The third-order valence-electron chi connectivity index (χ3n) is 4.72. The molecule has 2 N–H and O–H groups in total. The van der Waals surface area contributed by atoms with E-state index < -0.39 is 59.7 Å². The van der Waals surface area contributed by atoms with Crippen molar-refractivity contribution < 1.29 is 39.2 Å². The van der Waals surface area contributed by atoms with Gasteiger partial charge in [0.2, 0.25) is 19.9 Å². The lowest BCUT2D eigenvalue weighted by Crippen LogP contribution is -2.35. The van der Waals surface area contributed by atoms with Crippen molar-refractivity contribution in [3.63, 3.8) is 0 Å². The Balaban J connectivity index is 1.83. The zero-order valence-corrected chi connectivity index (χ0v) is 19.3. The van der Waals surface area contributed by atoms with Crippen molar-refractivity contribution in [2.24, 2.45) is 0 Å². The van der Waals surface area contributed by atoms with E-state index in [0.29, 0.717) is 18.2 Å². The van der Waals surface area contributed by atoms with Gasteiger partial charge in [0.1, 0.15) is 5.82 Å². The maximum absolute atomic E-state index is 13.5. The first-order valence-corrected chi connectivity index (χ1v) is 12.8. The summed E-state index contributed by atoms with van der Waals surface area (Å²) < 4.78 is 106. The first-order valence-electron chi connectivity index (χ1n) is 9.87. The summed E-state index contributed by atoms with van der Waals surface area (Å²) in [6.07, 6.45) is -5.09. The highest BCUT2D eigenvalue weighted by atomic mass is 32.2. The lowest BCUT2D eigenvalue weighted by atomic mass is 10.2. The molecule has 0 bridgehead atoms. The number of nitrogens with one attached hydrogen (secondary N) is 2. The molecule has 13 heteroatoms. The highest BCUT2D eigenvalue weighted by Gasteiger charge is 2.38. The number of carbonyl (C=O) groups excluding carboxylic acids is 1. The van der Waals surface area contributed by atoms with Crippen LogP contribution in [-0.2, 0) is 26.0 Å². The summed E-state index contributed by atoms with van der Waals surface area (Å²) in [4.78, 5) is 9.87. The number of amides is 1. The molecule has 0 atom stereocenters. The van der Waals surface area contributed by atoms with Crippen LogP contribution in [0.4, 0.5) is 17.6 Å².